The Bertz CT molecular complexity index is 523. The lowest BCUT2D eigenvalue weighted by Crippen LogP contribution is -2.09. The summed E-state index contributed by atoms with van der Waals surface area (Å²) < 4.78 is 1.75. The number of nitrogens with zero attached hydrogens (tertiary/aromatic N) is 1. The summed E-state index contributed by atoms with van der Waals surface area (Å²) in [7, 11) is 0. The third kappa shape index (κ3) is 1.51. The molecule has 0 bridgehead atoms. The van der Waals surface area contributed by atoms with Crippen LogP contribution in [0.25, 0.3) is 0 Å². The Kier molecular flexibility index (Phi) is 2.48. The van der Waals surface area contributed by atoms with Crippen molar-refractivity contribution in [1.82, 2.24) is 4.57 Å². The van der Waals surface area contributed by atoms with Gasteiger partial charge in [0.1, 0.15) is 5.69 Å². The van der Waals surface area contributed by atoms with E-state index in [0.29, 0.717) is 5.56 Å². The summed E-state index contributed by atoms with van der Waals surface area (Å²) in [5, 5.41) is 9.25. The molecule has 4 nitrogen and oxygen atoms in total. The van der Waals surface area contributed by atoms with Crippen LogP contribution in [0.5, 0.6) is 0 Å². The van der Waals surface area contributed by atoms with Crippen molar-refractivity contribution < 1.29 is 14.7 Å². The van der Waals surface area contributed by atoms with E-state index in [1.165, 1.54) is 13.0 Å². The summed E-state index contributed by atoms with van der Waals surface area (Å²) in [5.74, 6) is -1.09. The SMILES string of the molecule is CC(=O)c1cc(C(=O)O)n(C2C(C)(C)C2(C)C)c1. The van der Waals surface area contributed by atoms with Gasteiger partial charge in [0, 0.05) is 17.8 Å². The second-order valence-corrected chi connectivity index (χ2v) is 6.23. The van der Waals surface area contributed by atoms with E-state index in [0.717, 1.165) is 0 Å². The predicted octanol–water partition coefficient (Wildman–Crippen LogP) is 3.00. The number of carbonyl (C=O) groups is 2. The lowest BCUT2D eigenvalue weighted by atomic mass is 10.0. The Hall–Kier alpha value is -1.58. The third-order valence-electron chi connectivity index (χ3n) is 4.70. The van der Waals surface area contributed by atoms with Gasteiger partial charge < -0.3 is 9.67 Å². The number of hydrogen-bond acceptors (Lipinski definition) is 2. The van der Waals surface area contributed by atoms with E-state index in [1.807, 2.05) is 0 Å². The standard InChI is InChI=1S/C14H19NO3/c1-8(16)9-6-10(11(17)18)15(7-9)12-13(2,3)14(12,4)5/h6-7,12H,1-5H3,(H,17,18). The van der Waals surface area contributed by atoms with Crippen molar-refractivity contribution in [2.45, 2.75) is 40.7 Å². The Morgan fingerprint density at radius 2 is 1.72 bits per heavy atom. The highest BCUT2D eigenvalue weighted by Gasteiger charge is 2.66. The molecular weight excluding hydrogens is 230 g/mol. The zero-order valence-electron chi connectivity index (χ0n) is 11.4. The fourth-order valence-electron chi connectivity index (χ4n) is 2.91. The largest absolute Gasteiger partial charge is 0.477 e. The molecule has 1 aliphatic carbocycles. The van der Waals surface area contributed by atoms with Gasteiger partial charge in [-0.1, -0.05) is 27.7 Å². The number of hydrogen-bond donors (Lipinski definition) is 1. The smallest absolute Gasteiger partial charge is 0.352 e. The first kappa shape index (κ1) is 12.9. The van der Waals surface area contributed by atoms with Gasteiger partial charge >= 0.3 is 5.97 Å². The number of carboxylic acids is 1. The van der Waals surface area contributed by atoms with Crippen molar-refractivity contribution in [1.29, 1.82) is 0 Å². The van der Waals surface area contributed by atoms with Gasteiger partial charge in [-0.3, -0.25) is 4.79 Å². The second kappa shape index (κ2) is 3.46. The fourth-order valence-corrected chi connectivity index (χ4v) is 2.91. The van der Waals surface area contributed by atoms with Crippen molar-refractivity contribution in [3.8, 4) is 0 Å². The molecule has 0 atom stereocenters. The summed E-state index contributed by atoms with van der Waals surface area (Å²) >= 11 is 0. The molecule has 1 fully saturated rings. The van der Waals surface area contributed by atoms with Crippen LogP contribution in [-0.4, -0.2) is 21.4 Å². The molecule has 98 valence electrons. The van der Waals surface area contributed by atoms with Crippen molar-refractivity contribution in [3.63, 3.8) is 0 Å². The molecule has 1 aromatic heterocycles. The van der Waals surface area contributed by atoms with Gasteiger partial charge in [0.05, 0.1) is 0 Å². The first-order valence-electron chi connectivity index (χ1n) is 6.07. The van der Waals surface area contributed by atoms with Crippen LogP contribution in [0, 0.1) is 10.8 Å². The molecule has 0 saturated heterocycles. The van der Waals surface area contributed by atoms with Crippen LogP contribution in [0.15, 0.2) is 12.3 Å². The van der Waals surface area contributed by atoms with Crippen LogP contribution < -0.4 is 0 Å². The van der Waals surface area contributed by atoms with Crippen LogP contribution >= 0.6 is 0 Å². The number of carbonyl (C=O) groups excluding carboxylic acids is 1. The molecule has 0 radical (unpaired) electrons. The zero-order valence-corrected chi connectivity index (χ0v) is 11.4. The van der Waals surface area contributed by atoms with Gasteiger partial charge in [-0.25, -0.2) is 4.79 Å². The molecule has 0 spiro atoms. The third-order valence-corrected chi connectivity index (χ3v) is 4.70. The molecule has 0 unspecified atom stereocenters. The number of ketones is 1. The number of Topliss-reactive ketones (excluding diaryl/α,β-unsaturated/α-hetero) is 1. The van der Waals surface area contributed by atoms with E-state index in [9.17, 15) is 14.7 Å². The number of aromatic nitrogens is 1. The molecule has 1 aromatic rings. The Balaban J connectivity index is 2.52. The molecule has 18 heavy (non-hydrogen) atoms. The molecule has 1 N–H and O–H groups in total. The van der Waals surface area contributed by atoms with Crippen LogP contribution in [0.3, 0.4) is 0 Å². The monoisotopic (exact) mass is 249 g/mol. The number of carboxylic acid groups (broad SMARTS) is 1. The molecule has 1 heterocycles. The van der Waals surface area contributed by atoms with Gasteiger partial charge in [0.25, 0.3) is 0 Å². The second-order valence-electron chi connectivity index (χ2n) is 6.23. The minimum atomic E-state index is -0.985. The first-order chi connectivity index (χ1) is 8.10. The fraction of sp³-hybridized carbons (Fsp3) is 0.571. The van der Waals surface area contributed by atoms with Crippen molar-refractivity contribution in [3.05, 3.63) is 23.5 Å². The highest BCUT2D eigenvalue weighted by molar-refractivity contribution is 5.97. The summed E-state index contributed by atoms with van der Waals surface area (Å²) in [6, 6.07) is 1.58. The number of aromatic carboxylic acids is 1. The van der Waals surface area contributed by atoms with Crippen LogP contribution in [0.2, 0.25) is 0 Å². The van der Waals surface area contributed by atoms with Gasteiger partial charge in [-0.05, 0) is 23.8 Å². The van der Waals surface area contributed by atoms with E-state index in [4.69, 9.17) is 0 Å². The molecule has 4 heteroatoms. The van der Waals surface area contributed by atoms with E-state index < -0.39 is 5.97 Å². The molecule has 0 aliphatic heterocycles. The molecule has 1 saturated carbocycles. The average molecular weight is 249 g/mol. The molecule has 0 amide bonds. The normalized spacial score (nSPS) is 20.7. The summed E-state index contributed by atoms with van der Waals surface area (Å²) in [5.41, 5.74) is 0.726. The van der Waals surface area contributed by atoms with E-state index in [2.05, 4.69) is 27.7 Å². The topological polar surface area (TPSA) is 59.3 Å². The molecule has 2 rings (SSSR count). The average Bonchev–Trinajstić information content (AvgIpc) is 2.59. The minimum Gasteiger partial charge on any atom is -0.477 e. The van der Waals surface area contributed by atoms with Crippen molar-refractivity contribution in [2.75, 3.05) is 0 Å². The minimum absolute atomic E-state index is 0.0320. The Morgan fingerprint density at radius 3 is 2.06 bits per heavy atom. The van der Waals surface area contributed by atoms with Crippen LogP contribution in [0.4, 0.5) is 0 Å². The highest BCUT2D eigenvalue weighted by atomic mass is 16.4. The van der Waals surface area contributed by atoms with Crippen LogP contribution in [0.1, 0.15) is 61.5 Å². The van der Waals surface area contributed by atoms with Gasteiger partial charge in [-0.2, -0.15) is 0 Å². The zero-order chi connectivity index (χ0) is 13.9. The van der Waals surface area contributed by atoms with E-state index in [1.54, 1.807) is 10.8 Å². The summed E-state index contributed by atoms with van der Waals surface area (Å²) in [4.78, 5) is 22.7. The van der Waals surface area contributed by atoms with E-state index >= 15 is 0 Å². The molecular formula is C14H19NO3. The Labute approximate surface area is 107 Å². The highest BCUT2D eigenvalue weighted by Crippen LogP contribution is 2.71. The maximum atomic E-state index is 11.4. The Morgan fingerprint density at radius 1 is 1.22 bits per heavy atom. The summed E-state index contributed by atoms with van der Waals surface area (Å²) in [6.45, 7) is 9.94. The lowest BCUT2D eigenvalue weighted by Gasteiger charge is -2.08. The molecule has 1 aliphatic rings. The maximum Gasteiger partial charge on any atom is 0.352 e. The van der Waals surface area contributed by atoms with Gasteiger partial charge in [0.15, 0.2) is 5.78 Å². The van der Waals surface area contributed by atoms with Crippen LogP contribution in [-0.2, 0) is 0 Å². The molecule has 0 aromatic carbocycles. The van der Waals surface area contributed by atoms with Crippen molar-refractivity contribution in [2.24, 2.45) is 10.8 Å². The lowest BCUT2D eigenvalue weighted by molar-refractivity contribution is 0.0684. The predicted molar refractivity (Wildman–Crippen MR) is 68.0 cm³/mol. The number of rotatable bonds is 3. The summed E-state index contributed by atoms with van der Waals surface area (Å²) in [6.07, 6.45) is 1.67. The van der Waals surface area contributed by atoms with Crippen molar-refractivity contribution >= 4 is 11.8 Å². The van der Waals surface area contributed by atoms with E-state index in [-0.39, 0.29) is 28.3 Å². The first-order valence-corrected chi connectivity index (χ1v) is 6.07. The maximum absolute atomic E-state index is 11.4. The quantitative estimate of drug-likeness (QED) is 0.838. The van der Waals surface area contributed by atoms with Gasteiger partial charge in [-0.15, -0.1) is 0 Å². The van der Waals surface area contributed by atoms with Gasteiger partial charge in [0.2, 0.25) is 0 Å².